The summed E-state index contributed by atoms with van der Waals surface area (Å²) in [6.07, 6.45) is 0.623. The molecule has 1 aromatic rings. The highest BCUT2D eigenvalue weighted by Gasteiger charge is 2.22. The molecule has 1 aliphatic rings. The number of nitrogens with one attached hydrogen (secondary N) is 1. The van der Waals surface area contributed by atoms with Gasteiger partial charge in [0.1, 0.15) is 5.82 Å². The normalized spacial score (nSPS) is 25.8. The van der Waals surface area contributed by atoms with Crippen molar-refractivity contribution in [2.24, 2.45) is 0 Å². The predicted octanol–water partition coefficient (Wildman–Crippen LogP) is 1.73. The van der Waals surface area contributed by atoms with Crippen molar-refractivity contribution in [3.63, 3.8) is 0 Å². The Morgan fingerprint density at radius 3 is 2.71 bits per heavy atom. The van der Waals surface area contributed by atoms with E-state index >= 15 is 0 Å². The van der Waals surface area contributed by atoms with Crippen molar-refractivity contribution in [1.29, 1.82) is 0 Å². The average molecular weight is 235 g/mol. The molecule has 17 heavy (non-hydrogen) atoms. The first-order chi connectivity index (χ1) is 8.17. The maximum absolute atomic E-state index is 5.72. The molecule has 0 aliphatic carbocycles. The van der Waals surface area contributed by atoms with E-state index in [0.29, 0.717) is 12.2 Å². The van der Waals surface area contributed by atoms with E-state index in [1.54, 1.807) is 0 Å². The summed E-state index contributed by atoms with van der Waals surface area (Å²) in [4.78, 5) is 6.95. The molecule has 1 N–H and O–H groups in total. The van der Waals surface area contributed by atoms with Gasteiger partial charge in [-0.2, -0.15) is 0 Å². The largest absolute Gasteiger partial charge is 0.373 e. The molecule has 2 heterocycles. The SMILES string of the molecule is CNc1cccc(CN2C[C@@H](C)O[C@@H](C)C2)n1. The number of ether oxygens (including phenoxy) is 1. The molecule has 94 valence electrons. The Morgan fingerprint density at radius 2 is 2.06 bits per heavy atom. The Kier molecular flexibility index (Phi) is 3.97. The molecule has 0 amide bonds. The van der Waals surface area contributed by atoms with Gasteiger partial charge in [-0.3, -0.25) is 4.90 Å². The molecule has 1 fully saturated rings. The van der Waals surface area contributed by atoms with E-state index < -0.39 is 0 Å². The molecule has 0 radical (unpaired) electrons. The lowest BCUT2D eigenvalue weighted by atomic mass is 10.2. The van der Waals surface area contributed by atoms with E-state index in [-0.39, 0.29) is 0 Å². The summed E-state index contributed by atoms with van der Waals surface area (Å²) in [7, 11) is 1.89. The second-order valence-corrected chi connectivity index (χ2v) is 4.72. The monoisotopic (exact) mass is 235 g/mol. The number of hydrogen-bond acceptors (Lipinski definition) is 4. The summed E-state index contributed by atoms with van der Waals surface area (Å²) < 4.78 is 5.72. The van der Waals surface area contributed by atoms with Crippen molar-refractivity contribution in [2.75, 3.05) is 25.5 Å². The average Bonchev–Trinajstić information content (AvgIpc) is 2.28. The van der Waals surface area contributed by atoms with Gasteiger partial charge in [0.15, 0.2) is 0 Å². The van der Waals surface area contributed by atoms with Gasteiger partial charge < -0.3 is 10.1 Å². The van der Waals surface area contributed by atoms with Crippen molar-refractivity contribution in [2.45, 2.75) is 32.6 Å². The fourth-order valence-corrected chi connectivity index (χ4v) is 2.35. The van der Waals surface area contributed by atoms with Crippen LogP contribution in [0.25, 0.3) is 0 Å². The van der Waals surface area contributed by atoms with Crippen LogP contribution in [0.5, 0.6) is 0 Å². The first-order valence-electron chi connectivity index (χ1n) is 6.19. The van der Waals surface area contributed by atoms with E-state index in [0.717, 1.165) is 31.1 Å². The first-order valence-corrected chi connectivity index (χ1v) is 6.19. The molecule has 4 heteroatoms. The van der Waals surface area contributed by atoms with E-state index in [4.69, 9.17) is 4.74 Å². The smallest absolute Gasteiger partial charge is 0.126 e. The summed E-state index contributed by atoms with van der Waals surface area (Å²) in [6, 6.07) is 6.10. The van der Waals surface area contributed by atoms with Crippen LogP contribution in [0.2, 0.25) is 0 Å². The highest BCUT2D eigenvalue weighted by Crippen LogP contribution is 2.14. The van der Waals surface area contributed by atoms with Crippen LogP contribution >= 0.6 is 0 Å². The lowest BCUT2D eigenvalue weighted by molar-refractivity contribution is -0.0707. The number of pyridine rings is 1. The van der Waals surface area contributed by atoms with Crippen LogP contribution in [0.15, 0.2) is 18.2 Å². The number of morpholine rings is 1. The van der Waals surface area contributed by atoms with Gasteiger partial charge in [0, 0.05) is 26.7 Å². The van der Waals surface area contributed by atoms with Crippen molar-refractivity contribution in [3.05, 3.63) is 23.9 Å². The number of nitrogens with zero attached hydrogens (tertiary/aromatic N) is 2. The molecular weight excluding hydrogens is 214 g/mol. The molecular formula is C13H21N3O. The second-order valence-electron chi connectivity index (χ2n) is 4.72. The van der Waals surface area contributed by atoms with Crippen LogP contribution in [0, 0.1) is 0 Å². The summed E-state index contributed by atoms with van der Waals surface area (Å²) in [6.45, 7) is 7.11. The molecule has 4 nitrogen and oxygen atoms in total. The molecule has 2 atom stereocenters. The Morgan fingerprint density at radius 1 is 1.35 bits per heavy atom. The molecule has 1 aliphatic heterocycles. The van der Waals surface area contributed by atoms with Gasteiger partial charge in [0.25, 0.3) is 0 Å². The zero-order valence-corrected chi connectivity index (χ0v) is 10.8. The number of anilines is 1. The van der Waals surface area contributed by atoms with Crippen LogP contribution in [0.1, 0.15) is 19.5 Å². The third-order valence-electron chi connectivity index (χ3n) is 2.94. The highest BCUT2D eigenvalue weighted by molar-refractivity contribution is 5.34. The van der Waals surface area contributed by atoms with Crippen LogP contribution in [-0.4, -0.2) is 42.2 Å². The van der Waals surface area contributed by atoms with Crippen molar-refractivity contribution in [3.8, 4) is 0 Å². The van der Waals surface area contributed by atoms with Gasteiger partial charge in [0.05, 0.1) is 17.9 Å². The predicted molar refractivity (Wildman–Crippen MR) is 69.1 cm³/mol. The minimum atomic E-state index is 0.311. The standard InChI is InChI=1S/C13H21N3O/c1-10-7-16(8-11(2)17-10)9-12-5-4-6-13(14-3)15-12/h4-6,10-11H,7-9H2,1-3H3,(H,14,15)/t10-,11+. The van der Waals surface area contributed by atoms with Gasteiger partial charge >= 0.3 is 0 Å². The lowest BCUT2D eigenvalue weighted by Crippen LogP contribution is -2.44. The molecule has 0 aromatic carbocycles. The molecule has 1 aromatic heterocycles. The van der Waals surface area contributed by atoms with Gasteiger partial charge in [-0.25, -0.2) is 4.98 Å². The van der Waals surface area contributed by atoms with Crippen molar-refractivity contribution < 1.29 is 4.74 Å². The summed E-state index contributed by atoms with van der Waals surface area (Å²) in [5.74, 6) is 0.928. The van der Waals surface area contributed by atoms with E-state index in [2.05, 4.69) is 35.1 Å². The van der Waals surface area contributed by atoms with Gasteiger partial charge in [-0.1, -0.05) is 6.07 Å². The summed E-state index contributed by atoms with van der Waals surface area (Å²) in [5.41, 5.74) is 1.11. The third kappa shape index (κ3) is 3.41. The Balaban J connectivity index is 1.99. The minimum Gasteiger partial charge on any atom is -0.373 e. The fourth-order valence-electron chi connectivity index (χ4n) is 2.35. The molecule has 0 saturated carbocycles. The van der Waals surface area contributed by atoms with Gasteiger partial charge in [-0.15, -0.1) is 0 Å². The van der Waals surface area contributed by atoms with Crippen LogP contribution in [-0.2, 0) is 11.3 Å². The first kappa shape index (κ1) is 12.3. The fraction of sp³-hybridized carbons (Fsp3) is 0.615. The zero-order valence-electron chi connectivity index (χ0n) is 10.8. The van der Waals surface area contributed by atoms with E-state index in [1.165, 1.54) is 0 Å². The maximum atomic E-state index is 5.72. The molecule has 0 spiro atoms. The molecule has 0 unspecified atom stereocenters. The van der Waals surface area contributed by atoms with E-state index in [1.807, 2.05) is 19.2 Å². The lowest BCUT2D eigenvalue weighted by Gasteiger charge is -2.35. The maximum Gasteiger partial charge on any atom is 0.126 e. The van der Waals surface area contributed by atoms with Gasteiger partial charge in [-0.05, 0) is 26.0 Å². The summed E-state index contributed by atoms with van der Waals surface area (Å²) in [5, 5.41) is 3.07. The van der Waals surface area contributed by atoms with Crippen LogP contribution in [0.4, 0.5) is 5.82 Å². The van der Waals surface area contributed by atoms with Crippen LogP contribution in [0.3, 0.4) is 0 Å². The van der Waals surface area contributed by atoms with Crippen molar-refractivity contribution in [1.82, 2.24) is 9.88 Å². The minimum absolute atomic E-state index is 0.311. The second kappa shape index (κ2) is 5.47. The zero-order chi connectivity index (χ0) is 12.3. The number of hydrogen-bond donors (Lipinski definition) is 1. The number of rotatable bonds is 3. The summed E-state index contributed by atoms with van der Waals surface area (Å²) >= 11 is 0. The third-order valence-corrected chi connectivity index (χ3v) is 2.94. The number of aromatic nitrogens is 1. The van der Waals surface area contributed by atoms with Gasteiger partial charge in [0.2, 0.25) is 0 Å². The Labute approximate surface area is 103 Å². The van der Waals surface area contributed by atoms with Crippen LogP contribution < -0.4 is 5.32 Å². The highest BCUT2D eigenvalue weighted by atomic mass is 16.5. The molecule has 0 bridgehead atoms. The topological polar surface area (TPSA) is 37.4 Å². The Bertz CT molecular complexity index is 359. The Hall–Kier alpha value is -1.13. The molecule has 2 rings (SSSR count). The molecule has 1 saturated heterocycles. The quantitative estimate of drug-likeness (QED) is 0.866. The van der Waals surface area contributed by atoms with Crippen molar-refractivity contribution >= 4 is 5.82 Å². The van der Waals surface area contributed by atoms with E-state index in [9.17, 15) is 0 Å².